The van der Waals surface area contributed by atoms with E-state index in [1.807, 2.05) is 12.3 Å². The van der Waals surface area contributed by atoms with Gasteiger partial charge >= 0.3 is 0 Å². The number of hydrogen-bond donors (Lipinski definition) is 1. The molecule has 0 amide bonds. The third-order valence-electron chi connectivity index (χ3n) is 2.04. The number of hydrogen-bond acceptors (Lipinski definition) is 5. The van der Waals surface area contributed by atoms with E-state index in [0.717, 1.165) is 12.2 Å². The predicted octanol–water partition coefficient (Wildman–Crippen LogP) is 1.23. The number of nitrogens with one attached hydrogen (secondary N) is 1. The van der Waals surface area contributed by atoms with Gasteiger partial charge in [-0.25, -0.2) is 13.4 Å². The Kier molecular flexibility index (Phi) is 4.69. The second-order valence-corrected chi connectivity index (χ2v) is 6.42. The van der Waals surface area contributed by atoms with Crippen LogP contribution in [0.5, 0.6) is 0 Å². The van der Waals surface area contributed by atoms with Crippen molar-refractivity contribution in [2.75, 3.05) is 18.6 Å². The summed E-state index contributed by atoms with van der Waals surface area (Å²) in [6.07, 6.45) is 1.84. The quantitative estimate of drug-likeness (QED) is 0.822. The fraction of sp³-hybridized carbons (Fsp3) is 0.667. The minimum absolute atomic E-state index is 0.0518. The number of rotatable bonds is 6. The Labute approximate surface area is 94.7 Å². The van der Waals surface area contributed by atoms with Crippen LogP contribution in [0.1, 0.15) is 25.1 Å². The molecule has 1 heterocycles. The molecule has 0 aliphatic heterocycles. The van der Waals surface area contributed by atoms with Crippen molar-refractivity contribution in [1.29, 1.82) is 0 Å². The highest BCUT2D eigenvalue weighted by atomic mass is 32.2. The van der Waals surface area contributed by atoms with Crippen LogP contribution < -0.4 is 5.32 Å². The van der Waals surface area contributed by atoms with E-state index >= 15 is 0 Å². The maximum atomic E-state index is 11.1. The van der Waals surface area contributed by atoms with Gasteiger partial charge in [-0.3, -0.25) is 0 Å². The molecule has 1 N–H and O–H groups in total. The van der Waals surface area contributed by atoms with Crippen LogP contribution in [0.25, 0.3) is 0 Å². The van der Waals surface area contributed by atoms with Crippen molar-refractivity contribution in [2.45, 2.75) is 19.4 Å². The molecule has 1 aromatic rings. The van der Waals surface area contributed by atoms with Crippen LogP contribution in [0.4, 0.5) is 0 Å². The SMILES string of the molecule is CCNC(CCS(C)(=O)=O)c1cscn1. The zero-order valence-corrected chi connectivity index (χ0v) is 10.6. The summed E-state index contributed by atoms with van der Waals surface area (Å²) in [7, 11) is -2.89. The van der Waals surface area contributed by atoms with Gasteiger partial charge in [0.1, 0.15) is 9.84 Å². The molecule has 15 heavy (non-hydrogen) atoms. The Balaban J connectivity index is 2.60. The van der Waals surface area contributed by atoms with Gasteiger partial charge in [0.2, 0.25) is 0 Å². The minimum Gasteiger partial charge on any atom is -0.309 e. The molecule has 0 saturated carbocycles. The molecule has 0 aromatic carbocycles. The molecule has 86 valence electrons. The molecular weight excluding hydrogens is 232 g/mol. The Morgan fingerprint density at radius 2 is 2.33 bits per heavy atom. The van der Waals surface area contributed by atoms with Gasteiger partial charge in [-0.15, -0.1) is 11.3 Å². The highest BCUT2D eigenvalue weighted by Crippen LogP contribution is 2.17. The molecule has 0 radical (unpaired) electrons. The van der Waals surface area contributed by atoms with E-state index in [4.69, 9.17) is 0 Å². The zero-order chi connectivity index (χ0) is 11.3. The van der Waals surface area contributed by atoms with Crippen molar-refractivity contribution in [3.63, 3.8) is 0 Å². The lowest BCUT2D eigenvalue weighted by molar-refractivity contribution is 0.521. The summed E-state index contributed by atoms with van der Waals surface area (Å²) in [4.78, 5) is 4.20. The Morgan fingerprint density at radius 1 is 1.60 bits per heavy atom. The summed E-state index contributed by atoms with van der Waals surface area (Å²) in [5.41, 5.74) is 2.70. The smallest absolute Gasteiger partial charge is 0.147 e. The third-order valence-corrected chi connectivity index (χ3v) is 3.62. The summed E-state index contributed by atoms with van der Waals surface area (Å²) >= 11 is 1.53. The standard InChI is InChI=1S/C9H16N2O2S2/c1-3-10-8(4-5-15(2,12)13)9-6-14-7-11-9/h6-8,10H,3-5H2,1-2H3. The van der Waals surface area contributed by atoms with E-state index in [0.29, 0.717) is 6.42 Å². The normalized spacial score (nSPS) is 14.0. The van der Waals surface area contributed by atoms with Crippen LogP contribution in [0.2, 0.25) is 0 Å². The second kappa shape index (κ2) is 5.58. The largest absolute Gasteiger partial charge is 0.309 e. The monoisotopic (exact) mass is 248 g/mol. The van der Waals surface area contributed by atoms with Crippen LogP contribution >= 0.6 is 11.3 Å². The molecule has 1 aromatic heterocycles. The van der Waals surface area contributed by atoms with Gasteiger partial charge in [0.05, 0.1) is 23.0 Å². The number of thiazole rings is 1. The third kappa shape index (κ3) is 4.72. The second-order valence-electron chi connectivity index (χ2n) is 3.44. The van der Waals surface area contributed by atoms with Crippen molar-refractivity contribution in [2.24, 2.45) is 0 Å². The summed E-state index contributed by atoms with van der Waals surface area (Å²) in [6.45, 7) is 2.81. The van der Waals surface area contributed by atoms with Gasteiger partial charge in [-0.2, -0.15) is 0 Å². The molecule has 4 nitrogen and oxygen atoms in total. The molecular formula is C9H16N2O2S2. The average Bonchev–Trinajstić information content (AvgIpc) is 2.63. The fourth-order valence-corrected chi connectivity index (χ4v) is 2.60. The van der Waals surface area contributed by atoms with Crippen molar-refractivity contribution in [3.05, 3.63) is 16.6 Å². The predicted molar refractivity (Wildman–Crippen MR) is 62.9 cm³/mol. The van der Waals surface area contributed by atoms with Crippen LogP contribution in [0, 0.1) is 0 Å². The highest BCUT2D eigenvalue weighted by Gasteiger charge is 2.14. The van der Waals surface area contributed by atoms with Crippen LogP contribution in [-0.2, 0) is 9.84 Å². The van der Waals surface area contributed by atoms with Gasteiger partial charge < -0.3 is 5.32 Å². The first-order valence-electron chi connectivity index (χ1n) is 4.82. The summed E-state index contributed by atoms with van der Waals surface area (Å²) in [5, 5.41) is 5.19. The van der Waals surface area contributed by atoms with Crippen molar-refractivity contribution >= 4 is 21.2 Å². The topological polar surface area (TPSA) is 59.1 Å². The molecule has 0 saturated heterocycles. The maximum Gasteiger partial charge on any atom is 0.147 e. The van der Waals surface area contributed by atoms with Gasteiger partial charge in [-0.1, -0.05) is 6.92 Å². The average molecular weight is 248 g/mol. The van der Waals surface area contributed by atoms with E-state index in [1.165, 1.54) is 17.6 Å². The molecule has 0 spiro atoms. The minimum atomic E-state index is -2.89. The van der Waals surface area contributed by atoms with Crippen molar-refractivity contribution in [1.82, 2.24) is 10.3 Å². The van der Waals surface area contributed by atoms with E-state index in [9.17, 15) is 8.42 Å². The Bertz CT molecular complexity index is 373. The molecule has 1 rings (SSSR count). The molecule has 0 aliphatic rings. The van der Waals surface area contributed by atoms with Gasteiger partial charge in [0.25, 0.3) is 0 Å². The van der Waals surface area contributed by atoms with Crippen molar-refractivity contribution in [3.8, 4) is 0 Å². The van der Waals surface area contributed by atoms with Gasteiger partial charge in [-0.05, 0) is 13.0 Å². The molecule has 6 heteroatoms. The number of sulfone groups is 1. The number of nitrogens with zero attached hydrogens (tertiary/aromatic N) is 1. The van der Waals surface area contributed by atoms with E-state index in [1.54, 1.807) is 5.51 Å². The highest BCUT2D eigenvalue weighted by molar-refractivity contribution is 7.90. The Morgan fingerprint density at radius 3 is 2.80 bits per heavy atom. The maximum absolute atomic E-state index is 11.1. The van der Waals surface area contributed by atoms with Crippen molar-refractivity contribution < 1.29 is 8.42 Å². The zero-order valence-electron chi connectivity index (χ0n) is 8.93. The van der Waals surface area contributed by atoms with Gasteiger partial charge in [0, 0.05) is 11.6 Å². The summed E-state index contributed by atoms with van der Waals surface area (Å²) in [6, 6.07) is 0.0518. The van der Waals surface area contributed by atoms with Crippen LogP contribution in [-0.4, -0.2) is 32.0 Å². The lowest BCUT2D eigenvalue weighted by atomic mass is 10.2. The van der Waals surface area contributed by atoms with E-state index in [-0.39, 0.29) is 11.8 Å². The first-order chi connectivity index (χ1) is 7.03. The first kappa shape index (κ1) is 12.6. The molecule has 0 aliphatic carbocycles. The summed E-state index contributed by atoms with van der Waals surface area (Å²) < 4.78 is 22.1. The molecule has 1 atom stereocenters. The molecule has 1 unspecified atom stereocenters. The van der Waals surface area contributed by atoms with Crippen LogP contribution in [0.3, 0.4) is 0 Å². The molecule has 0 bridgehead atoms. The molecule has 0 fully saturated rings. The first-order valence-corrected chi connectivity index (χ1v) is 7.82. The lowest BCUT2D eigenvalue weighted by Gasteiger charge is -2.14. The Hall–Kier alpha value is -0.460. The lowest BCUT2D eigenvalue weighted by Crippen LogP contribution is -2.23. The van der Waals surface area contributed by atoms with E-state index in [2.05, 4.69) is 10.3 Å². The fourth-order valence-electron chi connectivity index (χ4n) is 1.33. The summed E-state index contributed by atoms with van der Waals surface area (Å²) in [5.74, 6) is 0.197. The number of aromatic nitrogens is 1. The van der Waals surface area contributed by atoms with Gasteiger partial charge in [0.15, 0.2) is 0 Å². The van der Waals surface area contributed by atoms with Crippen LogP contribution in [0.15, 0.2) is 10.9 Å². The van der Waals surface area contributed by atoms with E-state index < -0.39 is 9.84 Å².